The first-order valence-electron chi connectivity index (χ1n) is 6.73. The molecule has 0 aliphatic heterocycles. The number of esters is 1. The van der Waals surface area contributed by atoms with Crippen molar-refractivity contribution in [1.29, 1.82) is 0 Å². The third-order valence-corrected chi connectivity index (χ3v) is 4.37. The van der Waals surface area contributed by atoms with Gasteiger partial charge in [0.1, 0.15) is 5.01 Å². The van der Waals surface area contributed by atoms with Gasteiger partial charge in [-0.3, -0.25) is 4.68 Å². The third-order valence-electron chi connectivity index (χ3n) is 3.12. The summed E-state index contributed by atoms with van der Waals surface area (Å²) in [6.07, 6.45) is 2.47. The summed E-state index contributed by atoms with van der Waals surface area (Å²) >= 11 is 1.57. The molecule has 7 heteroatoms. The molecule has 0 spiro atoms. The molecule has 0 aliphatic carbocycles. The Balaban J connectivity index is 2.31. The lowest BCUT2D eigenvalue weighted by atomic mass is 10.2. The van der Waals surface area contributed by atoms with Crippen LogP contribution in [0, 0.1) is 6.92 Å². The molecular formula is C14H19N3O3S. The Kier molecular flexibility index (Phi) is 5.08. The lowest BCUT2D eigenvalue weighted by Crippen LogP contribution is -2.09. The van der Waals surface area contributed by atoms with Crippen LogP contribution >= 0.6 is 11.3 Å². The van der Waals surface area contributed by atoms with Gasteiger partial charge in [0.15, 0.2) is 5.69 Å². The fourth-order valence-corrected chi connectivity index (χ4v) is 3.07. The molecule has 0 aliphatic rings. The maximum absolute atomic E-state index is 11.9. The highest BCUT2D eigenvalue weighted by molar-refractivity contribution is 7.15. The lowest BCUT2D eigenvalue weighted by Gasteiger charge is -2.01. The summed E-state index contributed by atoms with van der Waals surface area (Å²) in [4.78, 5) is 17.6. The monoisotopic (exact) mass is 309 g/mol. The predicted molar refractivity (Wildman–Crippen MR) is 80.6 cm³/mol. The van der Waals surface area contributed by atoms with Crippen LogP contribution in [0.5, 0.6) is 0 Å². The van der Waals surface area contributed by atoms with E-state index in [0.29, 0.717) is 24.5 Å². The van der Waals surface area contributed by atoms with Gasteiger partial charge in [0.2, 0.25) is 0 Å². The number of thiazole rings is 1. The molecule has 0 fully saturated rings. The molecule has 2 aromatic heterocycles. The minimum Gasteiger partial charge on any atom is -0.464 e. The summed E-state index contributed by atoms with van der Waals surface area (Å²) in [7, 11) is 3.08. The summed E-state index contributed by atoms with van der Waals surface area (Å²) < 4.78 is 11.7. The number of aryl methyl sites for hydroxylation is 2. The zero-order valence-electron chi connectivity index (χ0n) is 12.7. The molecule has 6 nitrogen and oxygen atoms in total. The minimum absolute atomic E-state index is 0.409. The van der Waals surface area contributed by atoms with E-state index in [4.69, 9.17) is 9.47 Å². The topological polar surface area (TPSA) is 66.2 Å². The van der Waals surface area contributed by atoms with Crippen molar-refractivity contribution in [3.05, 3.63) is 22.5 Å². The molecule has 0 aromatic carbocycles. The Morgan fingerprint density at radius 1 is 1.48 bits per heavy atom. The maximum atomic E-state index is 11.9. The summed E-state index contributed by atoms with van der Waals surface area (Å²) in [5, 5.41) is 4.92. The van der Waals surface area contributed by atoms with Gasteiger partial charge in [0.05, 0.1) is 31.2 Å². The van der Waals surface area contributed by atoms with Gasteiger partial charge in [0.25, 0.3) is 0 Å². The zero-order valence-corrected chi connectivity index (χ0v) is 13.5. The Labute approximate surface area is 127 Å². The van der Waals surface area contributed by atoms with Gasteiger partial charge in [0, 0.05) is 25.0 Å². The van der Waals surface area contributed by atoms with Crippen molar-refractivity contribution in [1.82, 2.24) is 14.8 Å². The second kappa shape index (κ2) is 6.82. The van der Waals surface area contributed by atoms with Crippen LogP contribution in [0.25, 0.3) is 10.6 Å². The van der Waals surface area contributed by atoms with Gasteiger partial charge < -0.3 is 9.47 Å². The van der Waals surface area contributed by atoms with Crippen molar-refractivity contribution in [3.63, 3.8) is 0 Å². The fraction of sp³-hybridized carbons (Fsp3) is 0.500. The second-order valence-corrected chi connectivity index (χ2v) is 5.58. The van der Waals surface area contributed by atoms with Crippen LogP contribution in [0.15, 0.2) is 6.20 Å². The molecular weight excluding hydrogens is 290 g/mol. The van der Waals surface area contributed by atoms with Crippen molar-refractivity contribution in [3.8, 4) is 10.6 Å². The molecule has 0 bridgehead atoms. The standard InChI is InChI=1S/C14H19N3O3S/c1-5-20-7-6-11-9(2)16-13(21-11)10-8-15-17(3)12(10)14(18)19-4/h8H,5-7H2,1-4H3. The van der Waals surface area contributed by atoms with Gasteiger partial charge >= 0.3 is 5.97 Å². The Morgan fingerprint density at radius 3 is 2.90 bits per heavy atom. The number of ether oxygens (including phenoxy) is 2. The van der Waals surface area contributed by atoms with Gasteiger partial charge in [-0.15, -0.1) is 11.3 Å². The van der Waals surface area contributed by atoms with E-state index in [0.717, 1.165) is 22.0 Å². The first kappa shape index (κ1) is 15.7. The summed E-state index contributed by atoms with van der Waals surface area (Å²) in [5.74, 6) is -0.409. The highest BCUT2D eigenvalue weighted by Crippen LogP contribution is 2.30. The number of nitrogens with zero attached hydrogens (tertiary/aromatic N) is 3. The molecule has 0 saturated carbocycles. The molecule has 0 unspecified atom stereocenters. The number of carbonyl (C=O) groups excluding carboxylic acids is 1. The number of aromatic nitrogens is 3. The highest BCUT2D eigenvalue weighted by Gasteiger charge is 2.21. The Hall–Kier alpha value is -1.73. The average molecular weight is 309 g/mol. The van der Waals surface area contributed by atoms with Crippen LogP contribution in [-0.2, 0) is 22.9 Å². The fourth-order valence-electron chi connectivity index (χ4n) is 2.02. The van der Waals surface area contributed by atoms with Gasteiger partial charge in [-0.1, -0.05) is 0 Å². The molecule has 0 atom stereocenters. The van der Waals surface area contributed by atoms with Crippen LogP contribution in [-0.4, -0.2) is 41.1 Å². The van der Waals surface area contributed by atoms with E-state index in [9.17, 15) is 4.79 Å². The lowest BCUT2D eigenvalue weighted by molar-refractivity contribution is 0.0589. The molecule has 0 saturated heterocycles. The van der Waals surface area contributed by atoms with Gasteiger partial charge in [-0.25, -0.2) is 9.78 Å². The predicted octanol–water partition coefficient (Wildman–Crippen LogP) is 2.22. The minimum atomic E-state index is -0.409. The van der Waals surface area contributed by atoms with E-state index >= 15 is 0 Å². The highest BCUT2D eigenvalue weighted by atomic mass is 32.1. The molecule has 0 amide bonds. The van der Waals surface area contributed by atoms with Gasteiger partial charge in [-0.05, 0) is 13.8 Å². The van der Waals surface area contributed by atoms with Crippen molar-refractivity contribution >= 4 is 17.3 Å². The Bertz CT molecular complexity index is 633. The van der Waals surface area contributed by atoms with E-state index in [2.05, 4.69) is 10.1 Å². The van der Waals surface area contributed by atoms with Crippen LogP contribution in [0.1, 0.15) is 28.0 Å². The quantitative estimate of drug-likeness (QED) is 0.604. The van der Waals surface area contributed by atoms with Crippen LogP contribution in [0.3, 0.4) is 0 Å². The molecule has 0 radical (unpaired) electrons. The van der Waals surface area contributed by atoms with Crippen molar-refractivity contribution < 1.29 is 14.3 Å². The van der Waals surface area contributed by atoms with E-state index in [1.807, 2.05) is 13.8 Å². The largest absolute Gasteiger partial charge is 0.464 e. The number of carbonyl (C=O) groups is 1. The third kappa shape index (κ3) is 3.30. The smallest absolute Gasteiger partial charge is 0.357 e. The summed E-state index contributed by atoms with van der Waals surface area (Å²) in [6, 6.07) is 0. The first-order valence-corrected chi connectivity index (χ1v) is 7.54. The van der Waals surface area contributed by atoms with E-state index in [1.54, 1.807) is 24.6 Å². The molecule has 0 N–H and O–H groups in total. The molecule has 2 heterocycles. The zero-order chi connectivity index (χ0) is 15.4. The van der Waals surface area contributed by atoms with E-state index < -0.39 is 5.97 Å². The maximum Gasteiger partial charge on any atom is 0.357 e. The summed E-state index contributed by atoms with van der Waals surface area (Å²) in [6.45, 7) is 5.33. The number of rotatable bonds is 6. The van der Waals surface area contributed by atoms with Crippen molar-refractivity contribution in [2.24, 2.45) is 7.05 Å². The van der Waals surface area contributed by atoms with Gasteiger partial charge in [-0.2, -0.15) is 5.10 Å². The van der Waals surface area contributed by atoms with Crippen molar-refractivity contribution in [2.45, 2.75) is 20.3 Å². The van der Waals surface area contributed by atoms with Crippen LogP contribution in [0.4, 0.5) is 0 Å². The summed E-state index contributed by atoms with van der Waals surface area (Å²) in [5.41, 5.74) is 2.09. The van der Waals surface area contributed by atoms with Crippen LogP contribution in [0.2, 0.25) is 0 Å². The van der Waals surface area contributed by atoms with Crippen molar-refractivity contribution in [2.75, 3.05) is 20.3 Å². The van der Waals surface area contributed by atoms with E-state index in [1.165, 1.54) is 11.8 Å². The number of hydrogen-bond acceptors (Lipinski definition) is 6. The molecule has 2 rings (SSSR count). The Morgan fingerprint density at radius 2 is 2.24 bits per heavy atom. The van der Waals surface area contributed by atoms with E-state index in [-0.39, 0.29) is 0 Å². The SMILES string of the molecule is CCOCCc1sc(-c2cnn(C)c2C(=O)OC)nc1C. The van der Waals surface area contributed by atoms with Crippen LogP contribution < -0.4 is 0 Å². The normalized spacial score (nSPS) is 10.9. The number of hydrogen-bond donors (Lipinski definition) is 0. The average Bonchev–Trinajstić information content (AvgIpc) is 3.02. The molecule has 2 aromatic rings. The first-order chi connectivity index (χ1) is 10.1. The second-order valence-electron chi connectivity index (χ2n) is 4.50. The molecule has 114 valence electrons. The number of methoxy groups -OCH3 is 1. The molecule has 21 heavy (non-hydrogen) atoms.